The SMILES string of the molecule is CCNc1cc2c(cc1C)C1(c3cc(C)c(NCC)cc3C2)c2ccccc2C(=O)N1C1CCC1. The maximum atomic E-state index is 14.1. The molecule has 0 bridgehead atoms. The van der Waals surface area contributed by atoms with Gasteiger partial charge in [0.15, 0.2) is 0 Å². The zero-order valence-corrected chi connectivity index (χ0v) is 21.3. The summed E-state index contributed by atoms with van der Waals surface area (Å²) in [6.07, 6.45) is 4.22. The van der Waals surface area contributed by atoms with Crippen molar-refractivity contribution in [3.05, 3.63) is 93.0 Å². The first kappa shape index (κ1) is 22.2. The van der Waals surface area contributed by atoms with Crippen LogP contribution in [0.15, 0.2) is 48.5 Å². The molecule has 1 heterocycles. The summed E-state index contributed by atoms with van der Waals surface area (Å²) in [6.45, 7) is 10.5. The topological polar surface area (TPSA) is 44.4 Å². The second-order valence-corrected chi connectivity index (χ2v) is 10.4. The van der Waals surface area contributed by atoms with Gasteiger partial charge in [0.25, 0.3) is 5.91 Å². The Balaban J connectivity index is 1.72. The van der Waals surface area contributed by atoms with Crippen molar-refractivity contribution in [2.75, 3.05) is 23.7 Å². The second-order valence-electron chi connectivity index (χ2n) is 10.4. The zero-order chi connectivity index (χ0) is 24.3. The number of hydrogen-bond acceptors (Lipinski definition) is 3. The van der Waals surface area contributed by atoms with Gasteiger partial charge in [-0.2, -0.15) is 0 Å². The molecule has 3 aromatic carbocycles. The van der Waals surface area contributed by atoms with E-state index in [4.69, 9.17) is 0 Å². The van der Waals surface area contributed by atoms with E-state index in [1.807, 2.05) is 12.1 Å². The first-order chi connectivity index (χ1) is 17.0. The fraction of sp³-hybridized carbons (Fsp3) is 0.387. The molecular formula is C31H35N3O. The van der Waals surface area contributed by atoms with E-state index in [0.717, 1.165) is 43.5 Å². The number of benzene rings is 3. The third-order valence-electron chi connectivity index (χ3n) is 8.36. The van der Waals surface area contributed by atoms with Crippen molar-refractivity contribution in [3.63, 3.8) is 0 Å². The van der Waals surface area contributed by atoms with Crippen LogP contribution in [0.4, 0.5) is 11.4 Å². The van der Waals surface area contributed by atoms with Crippen LogP contribution < -0.4 is 10.6 Å². The van der Waals surface area contributed by atoms with Gasteiger partial charge in [-0.25, -0.2) is 0 Å². The van der Waals surface area contributed by atoms with E-state index in [1.54, 1.807) is 0 Å². The number of nitrogens with one attached hydrogen (secondary N) is 2. The summed E-state index contributed by atoms with van der Waals surface area (Å²) in [5, 5.41) is 7.12. The van der Waals surface area contributed by atoms with Gasteiger partial charge in [-0.3, -0.25) is 4.79 Å². The number of carbonyl (C=O) groups excluding carboxylic acids is 1. The maximum Gasteiger partial charge on any atom is 0.255 e. The lowest BCUT2D eigenvalue weighted by atomic mass is 9.67. The lowest BCUT2D eigenvalue weighted by Gasteiger charge is -2.50. The highest BCUT2D eigenvalue weighted by atomic mass is 16.2. The molecule has 1 saturated carbocycles. The fourth-order valence-corrected chi connectivity index (χ4v) is 6.61. The number of rotatable bonds is 5. The summed E-state index contributed by atoms with van der Waals surface area (Å²) in [5.74, 6) is 0.186. The molecule has 2 aliphatic carbocycles. The number of fused-ring (bicyclic) bond motifs is 6. The Morgan fingerprint density at radius 1 is 0.857 bits per heavy atom. The van der Waals surface area contributed by atoms with Crippen LogP contribution in [0, 0.1) is 13.8 Å². The Hall–Kier alpha value is -3.27. The molecular weight excluding hydrogens is 430 g/mol. The molecule has 180 valence electrons. The van der Waals surface area contributed by atoms with Crippen LogP contribution in [-0.4, -0.2) is 29.9 Å². The molecule has 1 aliphatic heterocycles. The smallest absolute Gasteiger partial charge is 0.255 e. The molecule has 0 atom stereocenters. The largest absolute Gasteiger partial charge is 0.385 e. The molecule has 1 amide bonds. The summed E-state index contributed by atoms with van der Waals surface area (Å²) < 4.78 is 0. The molecule has 0 aromatic heterocycles. The van der Waals surface area contributed by atoms with Gasteiger partial charge in [0.1, 0.15) is 5.54 Å². The van der Waals surface area contributed by atoms with Gasteiger partial charge in [0.2, 0.25) is 0 Å². The van der Waals surface area contributed by atoms with E-state index in [9.17, 15) is 4.79 Å². The summed E-state index contributed by atoms with van der Waals surface area (Å²) in [7, 11) is 0. The summed E-state index contributed by atoms with van der Waals surface area (Å²) in [5.41, 5.74) is 11.5. The van der Waals surface area contributed by atoms with Crippen LogP contribution in [0.3, 0.4) is 0 Å². The third kappa shape index (κ3) is 3.01. The minimum atomic E-state index is -0.577. The summed E-state index contributed by atoms with van der Waals surface area (Å²) in [4.78, 5) is 16.4. The summed E-state index contributed by atoms with van der Waals surface area (Å²) >= 11 is 0. The predicted molar refractivity (Wildman–Crippen MR) is 144 cm³/mol. The van der Waals surface area contributed by atoms with Crippen molar-refractivity contribution in [2.24, 2.45) is 0 Å². The van der Waals surface area contributed by atoms with Crippen LogP contribution in [0.2, 0.25) is 0 Å². The van der Waals surface area contributed by atoms with E-state index in [-0.39, 0.29) is 11.9 Å². The number of carbonyl (C=O) groups is 1. The van der Waals surface area contributed by atoms with Gasteiger partial charge >= 0.3 is 0 Å². The van der Waals surface area contributed by atoms with Crippen LogP contribution in [-0.2, 0) is 12.0 Å². The highest BCUT2D eigenvalue weighted by molar-refractivity contribution is 6.02. The average Bonchev–Trinajstić information content (AvgIpc) is 3.06. The molecule has 3 aliphatic rings. The van der Waals surface area contributed by atoms with Crippen molar-refractivity contribution in [1.29, 1.82) is 0 Å². The molecule has 6 rings (SSSR count). The molecule has 1 spiro atoms. The van der Waals surface area contributed by atoms with Crippen LogP contribution >= 0.6 is 0 Å². The van der Waals surface area contributed by atoms with E-state index >= 15 is 0 Å². The van der Waals surface area contributed by atoms with Crippen molar-refractivity contribution in [3.8, 4) is 0 Å². The van der Waals surface area contributed by atoms with Gasteiger partial charge in [-0.1, -0.05) is 30.3 Å². The van der Waals surface area contributed by atoms with E-state index in [1.165, 1.54) is 51.2 Å². The van der Waals surface area contributed by atoms with Crippen LogP contribution in [0.5, 0.6) is 0 Å². The normalized spacial score (nSPS) is 17.6. The highest BCUT2D eigenvalue weighted by Gasteiger charge is 2.57. The van der Waals surface area contributed by atoms with Crippen molar-refractivity contribution >= 4 is 17.3 Å². The van der Waals surface area contributed by atoms with Crippen molar-refractivity contribution in [2.45, 2.75) is 65.0 Å². The number of aryl methyl sites for hydroxylation is 2. The van der Waals surface area contributed by atoms with Crippen LogP contribution in [0.1, 0.15) is 82.4 Å². The molecule has 0 radical (unpaired) electrons. The van der Waals surface area contributed by atoms with Gasteiger partial charge in [0.05, 0.1) is 0 Å². The molecule has 0 saturated heterocycles. The number of nitrogens with zero attached hydrogens (tertiary/aromatic N) is 1. The number of hydrogen-bond donors (Lipinski definition) is 2. The Morgan fingerprint density at radius 3 is 1.94 bits per heavy atom. The maximum absolute atomic E-state index is 14.1. The average molecular weight is 466 g/mol. The van der Waals surface area contributed by atoms with E-state index < -0.39 is 5.54 Å². The Bertz CT molecular complexity index is 1280. The third-order valence-corrected chi connectivity index (χ3v) is 8.36. The summed E-state index contributed by atoms with van der Waals surface area (Å²) in [6, 6.07) is 18.0. The molecule has 35 heavy (non-hydrogen) atoms. The van der Waals surface area contributed by atoms with E-state index in [2.05, 4.69) is 79.6 Å². The van der Waals surface area contributed by atoms with Crippen LogP contribution in [0.25, 0.3) is 0 Å². The van der Waals surface area contributed by atoms with Crippen molar-refractivity contribution < 1.29 is 4.79 Å². The van der Waals surface area contributed by atoms with E-state index in [0.29, 0.717) is 0 Å². The standard InChI is InChI=1S/C31H35N3O/c1-5-32-28-17-21-16-22-18-29(33-6-2)20(4)15-27(22)31(26(21)14-19(28)3)25-13-8-7-12-24(25)30(35)34(31)23-10-9-11-23/h7-8,12-15,17-18,23,32-33H,5-6,9-11,16H2,1-4H3. The lowest BCUT2D eigenvalue weighted by molar-refractivity contribution is 0.0403. The minimum absolute atomic E-state index is 0.186. The molecule has 2 N–H and O–H groups in total. The Kier molecular flexibility index (Phi) is 5.17. The molecule has 3 aromatic rings. The fourth-order valence-electron chi connectivity index (χ4n) is 6.61. The van der Waals surface area contributed by atoms with Crippen molar-refractivity contribution in [1.82, 2.24) is 4.90 Å². The quantitative estimate of drug-likeness (QED) is 0.460. The van der Waals surface area contributed by atoms with Gasteiger partial charge in [-0.05, 0) is 111 Å². The van der Waals surface area contributed by atoms with Gasteiger partial charge < -0.3 is 15.5 Å². The molecule has 1 fully saturated rings. The lowest BCUT2D eigenvalue weighted by Crippen LogP contribution is -2.55. The first-order valence-electron chi connectivity index (χ1n) is 13.2. The predicted octanol–water partition coefficient (Wildman–Crippen LogP) is 6.37. The highest BCUT2D eigenvalue weighted by Crippen LogP contribution is 2.57. The molecule has 4 nitrogen and oxygen atoms in total. The monoisotopic (exact) mass is 465 g/mol. The Labute approximate surface area is 208 Å². The minimum Gasteiger partial charge on any atom is -0.385 e. The number of amides is 1. The van der Waals surface area contributed by atoms with Gasteiger partial charge in [0, 0.05) is 36.1 Å². The van der Waals surface area contributed by atoms with Gasteiger partial charge in [-0.15, -0.1) is 0 Å². The second kappa shape index (κ2) is 8.15. The Morgan fingerprint density at radius 2 is 1.43 bits per heavy atom. The zero-order valence-electron chi connectivity index (χ0n) is 21.3. The molecule has 0 unspecified atom stereocenters. The molecule has 4 heteroatoms. The number of anilines is 2. The first-order valence-corrected chi connectivity index (χ1v) is 13.2.